The van der Waals surface area contributed by atoms with Crippen LogP contribution >= 0.6 is 15.9 Å². The van der Waals surface area contributed by atoms with Crippen molar-refractivity contribution in [2.75, 3.05) is 0 Å². The molecule has 0 bridgehead atoms. The molecule has 3 nitrogen and oxygen atoms in total. The van der Waals surface area contributed by atoms with E-state index in [1.165, 1.54) is 0 Å². The van der Waals surface area contributed by atoms with E-state index in [4.69, 9.17) is 14.0 Å². The summed E-state index contributed by atoms with van der Waals surface area (Å²) in [4.78, 5) is 0. The van der Waals surface area contributed by atoms with E-state index >= 15 is 0 Å². The minimum absolute atomic E-state index is 0.194. The molecular formula is C11H16BBrO3. The minimum atomic E-state index is -0.359. The summed E-state index contributed by atoms with van der Waals surface area (Å²) in [6.07, 6.45) is 5.72. The first-order chi connectivity index (χ1) is 7.32. The Hall–Kier alpha value is -0.255. The van der Waals surface area contributed by atoms with Gasteiger partial charge in [0.15, 0.2) is 10.7 Å². The maximum absolute atomic E-state index is 5.91. The molecule has 0 aromatic rings. The summed E-state index contributed by atoms with van der Waals surface area (Å²) in [6, 6.07) is -0.194. The van der Waals surface area contributed by atoms with Gasteiger partial charge in [0.1, 0.15) is 0 Å². The maximum atomic E-state index is 5.91. The van der Waals surface area contributed by atoms with Gasteiger partial charge in [-0.05, 0) is 55.8 Å². The van der Waals surface area contributed by atoms with Crippen molar-refractivity contribution >= 4 is 23.0 Å². The average molecular weight is 287 g/mol. The molecule has 5 heteroatoms. The molecule has 2 rings (SSSR count). The predicted octanol–water partition coefficient (Wildman–Crippen LogP) is 2.81. The normalized spacial score (nSPS) is 31.2. The van der Waals surface area contributed by atoms with E-state index in [1.807, 2.05) is 45.9 Å². The first kappa shape index (κ1) is 12.2. The van der Waals surface area contributed by atoms with Crippen molar-refractivity contribution in [3.8, 4) is 0 Å². The van der Waals surface area contributed by atoms with Crippen molar-refractivity contribution in [3.63, 3.8) is 0 Å². The Morgan fingerprint density at radius 2 is 1.75 bits per heavy atom. The summed E-state index contributed by atoms with van der Waals surface area (Å²) in [5.41, 5.74) is -0.634. The summed E-state index contributed by atoms with van der Waals surface area (Å²) in [7, 11) is -0.359. The van der Waals surface area contributed by atoms with Gasteiger partial charge in [0.2, 0.25) is 0 Å². The van der Waals surface area contributed by atoms with Gasteiger partial charge in [0.05, 0.1) is 11.2 Å². The molecule has 0 aromatic heterocycles. The van der Waals surface area contributed by atoms with Crippen LogP contribution in [0.3, 0.4) is 0 Å². The van der Waals surface area contributed by atoms with Crippen molar-refractivity contribution in [2.24, 2.45) is 0 Å². The van der Waals surface area contributed by atoms with Gasteiger partial charge < -0.3 is 14.0 Å². The van der Waals surface area contributed by atoms with Crippen LogP contribution in [-0.4, -0.2) is 24.3 Å². The first-order valence-electron chi connectivity index (χ1n) is 5.38. The minimum Gasteiger partial charge on any atom is -0.482 e. The van der Waals surface area contributed by atoms with Crippen LogP contribution in [0.2, 0.25) is 0 Å². The van der Waals surface area contributed by atoms with Crippen LogP contribution < -0.4 is 0 Å². The zero-order valence-electron chi connectivity index (χ0n) is 9.99. The SMILES string of the molecule is CC1(C)OB(C2C=CC=C(Br)O2)OC1(C)C. The largest absolute Gasteiger partial charge is 0.506 e. The Morgan fingerprint density at radius 3 is 2.25 bits per heavy atom. The Bertz CT molecular complexity index is 333. The van der Waals surface area contributed by atoms with Gasteiger partial charge in [-0.1, -0.05) is 6.08 Å². The van der Waals surface area contributed by atoms with Crippen LogP contribution in [-0.2, 0) is 14.0 Å². The summed E-state index contributed by atoms with van der Waals surface area (Å²) in [5.74, 6) is 0. The van der Waals surface area contributed by atoms with Gasteiger partial charge in [0.25, 0.3) is 0 Å². The number of hydrogen-bond donors (Lipinski definition) is 0. The third-order valence-corrected chi connectivity index (χ3v) is 3.77. The van der Waals surface area contributed by atoms with E-state index in [0.717, 1.165) is 0 Å². The zero-order valence-corrected chi connectivity index (χ0v) is 11.6. The molecule has 1 unspecified atom stereocenters. The van der Waals surface area contributed by atoms with Crippen LogP contribution in [0.15, 0.2) is 22.9 Å². The Labute approximate surface area is 105 Å². The fourth-order valence-electron chi connectivity index (χ4n) is 1.62. The lowest BCUT2D eigenvalue weighted by atomic mass is 9.80. The third-order valence-electron chi connectivity index (χ3n) is 3.32. The smallest absolute Gasteiger partial charge is 0.482 e. The van der Waals surface area contributed by atoms with Crippen LogP contribution in [0.5, 0.6) is 0 Å². The van der Waals surface area contributed by atoms with E-state index in [-0.39, 0.29) is 24.3 Å². The summed E-state index contributed by atoms with van der Waals surface area (Å²) in [6.45, 7) is 8.13. The number of hydrogen-bond acceptors (Lipinski definition) is 3. The lowest BCUT2D eigenvalue weighted by Crippen LogP contribution is -2.41. The fraction of sp³-hybridized carbons (Fsp3) is 0.636. The number of allylic oxidation sites excluding steroid dienone is 2. The highest BCUT2D eigenvalue weighted by Gasteiger charge is 2.54. The number of ether oxygens (including phenoxy) is 1. The fourth-order valence-corrected chi connectivity index (χ4v) is 1.99. The predicted molar refractivity (Wildman–Crippen MR) is 67.1 cm³/mol. The topological polar surface area (TPSA) is 27.7 Å². The van der Waals surface area contributed by atoms with Crippen molar-refractivity contribution in [1.82, 2.24) is 0 Å². The highest BCUT2D eigenvalue weighted by molar-refractivity contribution is 9.11. The molecule has 2 heterocycles. The van der Waals surface area contributed by atoms with Crippen LogP contribution in [0.1, 0.15) is 27.7 Å². The summed E-state index contributed by atoms with van der Waals surface area (Å²) >= 11 is 3.31. The molecule has 0 saturated carbocycles. The van der Waals surface area contributed by atoms with Gasteiger partial charge in [-0.15, -0.1) is 0 Å². The molecular weight excluding hydrogens is 271 g/mol. The second-order valence-electron chi connectivity index (χ2n) is 5.06. The van der Waals surface area contributed by atoms with Crippen LogP contribution in [0.25, 0.3) is 0 Å². The summed E-state index contributed by atoms with van der Waals surface area (Å²) in [5, 5.41) is 0. The molecule has 1 fully saturated rings. The molecule has 1 saturated heterocycles. The molecule has 0 aromatic carbocycles. The molecule has 2 aliphatic heterocycles. The van der Waals surface area contributed by atoms with Gasteiger partial charge in [-0.2, -0.15) is 0 Å². The molecule has 0 radical (unpaired) electrons. The van der Waals surface area contributed by atoms with Gasteiger partial charge in [-0.3, -0.25) is 0 Å². The van der Waals surface area contributed by atoms with Gasteiger partial charge in [-0.25, -0.2) is 0 Å². The second kappa shape index (κ2) is 3.89. The highest BCUT2D eigenvalue weighted by atomic mass is 79.9. The van der Waals surface area contributed by atoms with Crippen molar-refractivity contribution < 1.29 is 14.0 Å². The lowest BCUT2D eigenvalue weighted by Gasteiger charge is -2.32. The van der Waals surface area contributed by atoms with E-state index in [2.05, 4.69) is 15.9 Å². The molecule has 1 atom stereocenters. The molecule has 88 valence electrons. The van der Waals surface area contributed by atoms with Crippen LogP contribution in [0.4, 0.5) is 0 Å². The second-order valence-corrected chi connectivity index (χ2v) is 5.84. The molecule has 16 heavy (non-hydrogen) atoms. The lowest BCUT2D eigenvalue weighted by molar-refractivity contribution is 0.00578. The van der Waals surface area contributed by atoms with E-state index < -0.39 is 0 Å². The van der Waals surface area contributed by atoms with Crippen molar-refractivity contribution in [1.29, 1.82) is 0 Å². The molecule has 0 amide bonds. The standard InChI is InChI=1S/C11H16BBrO3/c1-10(2)11(3,4)16-12(15-10)8-6-5-7-9(13)14-8/h5-8H,1-4H3. The Morgan fingerprint density at radius 1 is 1.19 bits per heavy atom. The maximum Gasteiger partial charge on any atom is 0.506 e. The Balaban J connectivity index is 2.10. The molecule has 2 aliphatic rings. The van der Waals surface area contributed by atoms with E-state index in [9.17, 15) is 0 Å². The number of rotatable bonds is 1. The zero-order chi connectivity index (χ0) is 12.0. The molecule has 0 aliphatic carbocycles. The number of halogens is 1. The highest BCUT2D eigenvalue weighted by Crippen LogP contribution is 2.38. The molecule has 0 N–H and O–H groups in total. The first-order valence-corrected chi connectivity index (χ1v) is 6.17. The van der Waals surface area contributed by atoms with E-state index in [1.54, 1.807) is 0 Å². The van der Waals surface area contributed by atoms with Crippen LogP contribution in [0, 0.1) is 0 Å². The van der Waals surface area contributed by atoms with Gasteiger partial charge in [0, 0.05) is 0 Å². The van der Waals surface area contributed by atoms with Gasteiger partial charge >= 0.3 is 7.12 Å². The van der Waals surface area contributed by atoms with Crippen molar-refractivity contribution in [3.05, 3.63) is 22.9 Å². The quantitative estimate of drug-likeness (QED) is 0.694. The summed E-state index contributed by atoms with van der Waals surface area (Å²) < 4.78 is 18.1. The monoisotopic (exact) mass is 286 g/mol. The Kier molecular flexibility index (Phi) is 2.97. The van der Waals surface area contributed by atoms with Crippen molar-refractivity contribution in [2.45, 2.75) is 44.9 Å². The average Bonchev–Trinajstić information content (AvgIpc) is 2.36. The van der Waals surface area contributed by atoms with E-state index in [0.29, 0.717) is 4.67 Å². The molecule has 0 spiro atoms. The third kappa shape index (κ3) is 2.08.